The van der Waals surface area contributed by atoms with Crippen molar-refractivity contribution >= 4 is 21.8 Å². The quantitative estimate of drug-likeness (QED) is 0.612. The van der Waals surface area contributed by atoms with Crippen LogP contribution in [0.2, 0.25) is 0 Å². The van der Waals surface area contributed by atoms with Crippen LogP contribution in [0.5, 0.6) is 0 Å². The molecule has 0 spiro atoms. The fourth-order valence-corrected chi connectivity index (χ4v) is 2.13. The molecule has 2 nitrogen and oxygen atoms in total. The second-order valence-corrected chi connectivity index (χ2v) is 5.25. The van der Waals surface area contributed by atoms with Crippen LogP contribution in [0.15, 0.2) is 59.1 Å². The second kappa shape index (κ2) is 7.20. The van der Waals surface area contributed by atoms with Gasteiger partial charge >= 0.3 is 0 Å². The Morgan fingerprint density at radius 2 is 1.75 bits per heavy atom. The highest BCUT2D eigenvalue weighted by molar-refractivity contribution is 9.10. The third-order valence-corrected chi connectivity index (χ3v) is 3.44. The summed E-state index contributed by atoms with van der Waals surface area (Å²) in [5, 5.41) is 7.98. The van der Waals surface area contributed by atoms with Gasteiger partial charge in [-0.25, -0.2) is 0 Å². The first-order chi connectivity index (χ1) is 9.70. The molecule has 0 fully saturated rings. The molecule has 2 aromatic rings. The number of nitrogens with one attached hydrogen (secondary N) is 1. The standard InChI is InChI=1S/C16H15BrFNO/c17-14-8-6-12(7-9-14)15(10-11-18)20-16(19)13-4-2-1-3-5-13/h1-9,15,19H,10-11H2. The van der Waals surface area contributed by atoms with Crippen molar-refractivity contribution in [2.45, 2.75) is 12.5 Å². The molecule has 1 unspecified atom stereocenters. The summed E-state index contributed by atoms with van der Waals surface area (Å²) in [6, 6.07) is 16.7. The molecule has 0 heterocycles. The lowest BCUT2D eigenvalue weighted by Gasteiger charge is -2.19. The molecule has 0 aliphatic carbocycles. The number of ether oxygens (including phenoxy) is 1. The van der Waals surface area contributed by atoms with Gasteiger partial charge in [-0.2, -0.15) is 0 Å². The maximum absolute atomic E-state index is 12.7. The Hall–Kier alpha value is -1.68. The molecule has 0 aromatic heterocycles. The van der Waals surface area contributed by atoms with E-state index in [9.17, 15) is 4.39 Å². The molecule has 0 saturated carbocycles. The fourth-order valence-electron chi connectivity index (χ4n) is 1.87. The predicted octanol–water partition coefficient (Wildman–Crippen LogP) is 4.89. The SMILES string of the molecule is N=C(OC(CCF)c1ccc(Br)cc1)c1ccccc1. The fraction of sp³-hybridized carbons (Fsp3) is 0.188. The monoisotopic (exact) mass is 335 g/mol. The Kier molecular flexibility index (Phi) is 5.30. The van der Waals surface area contributed by atoms with Crippen LogP contribution in [0.4, 0.5) is 4.39 Å². The summed E-state index contributed by atoms with van der Waals surface area (Å²) >= 11 is 3.36. The normalized spacial score (nSPS) is 11.9. The van der Waals surface area contributed by atoms with Crippen LogP contribution in [0.3, 0.4) is 0 Å². The van der Waals surface area contributed by atoms with Gasteiger partial charge in [0.05, 0.1) is 6.67 Å². The van der Waals surface area contributed by atoms with Crippen LogP contribution in [-0.4, -0.2) is 12.6 Å². The van der Waals surface area contributed by atoms with E-state index in [4.69, 9.17) is 10.1 Å². The maximum Gasteiger partial charge on any atom is 0.213 e. The van der Waals surface area contributed by atoms with Crippen molar-refractivity contribution in [3.8, 4) is 0 Å². The van der Waals surface area contributed by atoms with Gasteiger partial charge in [0.2, 0.25) is 5.90 Å². The van der Waals surface area contributed by atoms with Gasteiger partial charge in [-0.3, -0.25) is 9.80 Å². The molecule has 0 aliphatic rings. The van der Waals surface area contributed by atoms with Gasteiger partial charge < -0.3 is 4.74 Å². The molecule has 2 aromatic carbocycles. The first kappa shape index (κ1) is 14.7. The van der Waals surface area contributed by atoms with Crippen LogP contribution in [0.25, 0.3) is 0 Å². The van der Waals surface area contributed by atoms with Crippen LogP contribution < -0.4 is 0 Å². The van der Waals surface area contributed by atoms with Crippen LogP contribution in [0, 0.1) is 5.41 Å². The van der Waals surface area contributed by atoms with Crippen molar-refractivity contribution < 1.29 is 9.13 Å². The van der Waals surface area contributed by atoms with Crippen molar-refractivity contribution in [1.82, 2.24) is 0 Å². The molecule has 0 bridgehead atoms. The number of halogens is 2. The van der Waals surface area contributed by atoms with E-state index in [2.05, 4.69) is 15.9 Å². The molecule has 1 N–H and O–H groups in total. The summed E-state index contributed by atoms with van der Waals surface area (Å²) in [5.41, 5.74) is 1.56. The van der Waals surface area contributed by atoms with Gasteiger partial charge in [-0.05, 0) is 29.8 Å². The maximum atomic E-state index is 12.7. The Balaban J connectivity index is 2.13. The topological polar surface area (TPSA) is 33.1 Å². The number of rotatable bonds is 5. The zero-order valence-corrected chi connectivity index (χ0v) is 12.4. The number of benzene rings is 2. The number of hydrogen-bond donors (Lipinski definition) is 1. The summed E-state index contributed by atoms with van der Waals surface area (Å²) in [5.74, 6) is 0.0620. The van der Waals surface area contributed by atoms with Gasteiger partial charge in [-0.15, -0.1) is 0 Å². The molecule has 4 heteroatoms. The summed E-state index contributed by atoms with van der Waals surface area (Å²) < 4.78 is 19.3. The summed E-state index contributed by atoms with van der Waals surface area (Å²) in [6.07, 6.45) is -0.211. The van der Waals surface area contributed by atoms with E-state index >= 15 is 0 Å². The highest BCUT2D eigenvalue weighted by atomic mass is 79.9. The first-order valence-electron chi connectivity index (χ1n) is 6.33. The number of alkyl halides is 1. The van der Waals surface area contributed by atoms with Crippen LogP contribution in [0.1, 0.15) is 23.7 Å². The highest BCUT2D eigenvalue weighted by Crippen LogP contribution is 2.24. The van der Waals surface area contributed by atoms with Gasteiger partial charge in [0, 0.05) is 16.5 Å². The van der Waals surface area contributed by atoms with E-state index in [0.29, 0.717) is 5.56 Å². The van der Waals surface area contributed by atoms with Gasteiger partial charge in [0.15, 0.2) is 0 Å². The van der Waals surface area contributed by atoms with Crippen molar-refractivity contribution in [2.24, 2.45) is 0 Å². The second-order valence-electron chi connectivity index (χ2n) is 4.33. The Morgan fingerprint density at radius 3 is 2.35 bits per heavy atom. The average Bonchev–Trinajstić information content (AvgIpc) is 2.48. The Bertz CT molecular complexity index is 556. The average molecular weight is 336 g/mol. The van der Waals surface area contributed by atoms with E-state index < -0.39 is 12.8 Å². The zero-order valence-electron chi connectivity index (χ0n) is 10.9. The summed E-state index contributed by atoms with van der Waals surface area (Å²) in [4.78, 5) is 0. The van der Waals surface area contributed by atoms with Crippen molar-refractivity contribution in [2.75, 3.05) is 6.67 Å². The minimum Gasteiger partial charge on any atom is -0.469 e. The molecule has 1 atom stereocenters. The molecular formula is C16H15BrFNO. The Labute approximate surface area is 126 Å². The predicted molar refractivity (Wildman–Crippen MR) is 81.8 cm³/mol. The van der Waals surface area contributed by atoms with E-state index in [1.807, 2.05) is 42.5 Å². The summed E-state index contributed by atoms with van der Waals surface area (Å²) in [7, 11) is 0. The third kappa shape index (κ3) is 3.90. The lowest BCUT2D eigenvalue weighted by Crippen LogP contribution is -2.12. The molecule has 0 saturated heterocycles. The van der Waals surface area contributed by atoms with Crippen molar-refractivity contribution in [3.63, 3.8) is 0 Å². The van der Waals surface area contributed by atoms with Gasteiger partial charge in [0.25, 0.3) is 0 Å². The van der Waals surface area contributed by atoms with E-state index in [1.165, 1.54) is 0 Å². The van der Waals surface area contributed by atoms with Gasteiger partial charge in [-0.1, -0.05) is 46.3 Å². The van der Waals surface area contributed by atoms with E-state index in [1.54, 1.807) is 12.1 Å². The van der Waals surface area contributed by atoms with Crippen molar-refractivity contribution in [1.29, 1.82) is 5.41 Å². The molecule has 0 radical (unpaired) electrons. The van der Waals surface area contributed by atoms with E-state index in [0.717, 1.165) is 10.0 Å². The lowest BCUT2D eigenvalue weighted by molar-refractivity contribution is 0.168. The largest absolute Gasteiger partial charge is 0.469 e. The smallest absolute Gasteiger partial charge is 0.213 e. The summed E-state index contributed by atoms with van der Waals surface area (Å²) in [6.45, 7) is -0.483. The minimum absolute atomic E-state index is 0.0620. The molecular weight excluding hydrogens is 321 g/mol. The van der Waals surface area contributed by atoms with Gasteiger partial charge in [0.1, 0.15) is 6.10 Å². The molecule has 0 aliphatic heterocycles. The van der Waals surface area contributed by atoms with Crippen LogP contribution >= 0.6 is 15.9 Å². The van der Waals surface area contributed by atoms with E-state index in [-0.39, 0.29) is 12.3 Å². The molecule has 20 heavy (non-hydrogen) atoms. The molecule has 2 rings (SSSR count). The first-order valence-corrected chi connectivity index (χ1v) is 7.12. The number of hydrogen-bond acceptors (Lipinski definition) is 2. The van der Waals surface area contributed by atoms with Crippen molar-refractivity contribution in [3.05, 3.63) is 70.2 Å². The van der Waals surface area contributed by atoms with Crippen LogP contribution in [-0.2, 0) is 4.74 Å². The molecule has 104 valence electrons. The third-order valence-electron chi connectivity index (χ3n) is 2.91. The lowest BCUT2D eigenvalue weighted by atomic mass is 10.1. The minimum atomic E-state index is -0.483. The highest BCUT2D eigenvalue weighted by Gasteiger charge is 2.15. The Morgan fingerprint density at radius 1 is 1.10 bits per heavy atom. The zero-order chi connectivity index (χ0) is 14.4. The molecule has 0 amide bonds.